The van der Waals surface area contributed by atoms with E-state index in [4.69, 9.17) is 30.5 Å². The number of ether oxygens (including phenoxy) is 4. The molecule has 1 N–H and O–H groups in total. The molecule has 13 heteroatoms. The highest BCUT2D eigenvalue weighted by molar-refractivity contribution is 6.32. The van der Waals surface area contributed by atoms with Crippen molar-refractivity contribution in [1.29, 1.82) is 5.26 Å². The fourth-order valence-corrected chi connectivity index (χ4v) is 6.36. The third-order valence-corrected chi connectivity index (χ3v) is 9.33. The van der Waals surface area contributed by atoms with Gasteiger partial charge in [-0.05, 0) is 85.3 Å². The first-order chi connectivity index (χ1) is 27.4. The summed E-state index contributed by atoms with van der Waals surface area (Å²) in [4.78, 5) is 36.2. The number of halogens is 1. The number of methoxy groups -OCH3 is 1. The molecule has 292 valence electrons. The molecule has 12 nitrogen and oxygen atoms in total. The van der Waals surface area contributed by atoms with Crippen molar-refractivity contribution < 1.29 is 28.8 Å². The number of aliphatic hydroxyl groups excluding tert-OH is 1. The first-order valence-electron chi connectivity index (χ1n) is 18.1. The van der Waals surface area contributed by atoms with Gasteiger partial charge in [-0.2, -0.15) is 5.26 Å². The average Bonchev–Trinajstić information content (AvgIpc) is 3.20. The molecule has 0 spiro atoms. The molecule has 0 unspecified atom stereocenters. The Kier molecular flexibility index (Phi) is 12.4. The van der Waals surface area contributed by atoms with Gasteiger partial charge in [-0.3, -0.25) is 14.2 Å². The zero-order chi connectivity index (χ0) is 40.7. The number of rotatable bonds is 13. The highest BCUT2D eigenvalue weighted by atomic mass is 35.5. The third kappa shape index (κ3) is 9.70. The van der Waals surface area contributed by atoms with Gasteiger partial charge in [-0.25, -0.2) is 9.78 Å². The van der Waals surface area contributed by atoms with E-state index in [0.29, 0.717) is 39.0 Å². The maximum Gasteiger partial charge on any atom is 0.410 e. The van der Waals surface area contributed by atoms with Gasteiger partial charge in [-0.15, -0.1) is 0 Å². The first kappa shape index (κ1) is 40.2. The van der Waals surface area contributed by atoms with Gasteiger partial charge in [0.25, 0.3) is 5.56 Å². The molecule has 0 saturated carbocycles. The number of aromatic nitrogens is 3. The van der Waals surface area contributed by atoms with Gasteiger partial charge < -0.3 is 29.0 Å². The standard InChI is InChI=1S/C44H42ClN5O7/c1-28-34(27-56-38-20-40(39(54-5)19-37(38)45)55-26-30-16-29(21-46)22-47-23-30)10-7-11-36(28)33-9-6-8-31(17-33)32-12-13-50-41(18-32)48-24-35(42(50)52)25-49(14-15-51)43(53)57-44(2,3)4/h6-13,16-20,22-24,51H,14-15,25-27H2,1-5H3. The smallest absolute Gasteiger partial charge is 0.410 e. The number of hydrogen-bond donors (Lipinski definition) is 1. The zero-order valence-corrected chi connectivity index (χ0v) is 33.0. The van der Waals surface area contributed by atoms with E-state index in [9.17, 15) is 20.0 Å². The predicted octanol–water partition coefficient (Wildman–Crippen LogP) is 8.15. The SMILES string of the molecule is COc1cc(Cl)c(OCc2cccc(-c3cccc(-c4ccn5c(=O)c(CN(CCO)C(=O)OC(C)(C)C)cnc5c4)c3)c2C)cc1OCc1cncc(C#N)c1. The normalized spacial score (nSPS) is 11.2. The molecule has 6 rings (SSSR count). The molecule has 0 saturated heterocycles. The highest BCUT2D eigenvalue weighted by Crippen LogP contribution is 2.39. The van der Waals surface area contributed by atoms with Gasteiger partial charge in [0.15, 0.2) is 11.5 Å². The summed E-state index contributed by atoms with van der Waals surface area (Å²) in [5.74, 6) is 1.29. The van der Waals surface area contributed by atoms with Crippen LogP contribution < -0.4 is 19.8 Å². The monoisotopic (exact) mass is 787 g/mol. The third-order valence-electron chi connectivity index (χ3n) is 9.04. The van der Waals surface area contributed by atoms with Crippen LogP contribution in [0.4, 0.5) is 4.79 Å². The summed E-state index contributed by atoms with van der Waals surface area (Å²) in [6, 6.07) is 25.0. The van der Waals surface area contributed by atoms with Crippen LogP contribution in [-0.4, -0.2) is 56.3 Å². The Morgan fingerprint density at radius 2 is 1.67 bits per heavy atom. The highest BCUT2D eigenvalue weighted by Gasteiger charge is 2.23. The summed E-state index contributed by atoms with van der Waals surface area (Å²) >= 11 is 6.60. The summed E-state index contributed by atoms with van der Waals surface area (Å²) in [5.41, 5.74) is 6.66. The fraction of sp³-hybridized carbons (Fsp3) is 0.250. The lowest BCUT2D eigenvalue weighted by Crippen LogP contribution is -2.39. The molecule has 0 fully saturated rings. The van der Waals surface area contributed by atoms with Crippen LogP contribution in [0.1, 0.15) is 48.6 Å². The van der Waals surface area contributed by atoms with Crippen molar-refractivity contribution in [2.24, 2.45) is 0 Å². The quantitative estimate of drug-likeness (QED) is 0.122. The Bertz CT molecular complexity index is 2530. The minimum absolute atomic E-state index is 0.00974. The zero-order valence-electron chi connectivity index (χ0n) is 32.3. The lowest BCUT2D eigenvalue weighted by Gasteiger charge is -2.26. The van der Waals surface area contributed by atoms with E-state index in [0.717, 1.165) is 38.9 Å². The number of aliphatic hydroxyl groups is 1. The number of hydrogen-bond acceptors (Lipinski definition) is 10. The number of nitrogens with zero attached hydrogens (tertiary/aromatic N) is 5. The van der Waals surface area contributed by atoms with Gasteiger partial charge >= 0.3 is 6.09 Å². The van der Waals surface area contributed by atoms with Crippen molar-refractivity contribution in [2.75, 3.05) is 20.3 Å². The molecular weight excluding hydrogens is 746 g/mol. The van der Waals surface area contributed by atoms with E-state index in [1.807, 2.05) is 49.4 Å². The molecule has 3 aromatic carbocycles. The Balaban J connectivity index is 1.19. The molecule has 0 aliphatic rings. The van der Waals surface area contributed by atoms with Crippen LogP contribution in [0.3, 0.4) is 0 Å². The van der Waals surface area contributed by atoms with Gasteiger partial charge in [-0.1, -0.05) is 48.0 Å². The van der Waals surface area contributed by atoms with E-state index in [-0.39, 0.29) is 38.5 Å². The largest absolute Gasteiger partial charge is 0.493 e. The molecule has 57 heavy (non-hydrogen) atoms. The second-order valence-electron chi connectivity index (χ2n) is 14.2. The van der Waals surface area contributed by atoms with E-state index < -0.39 is 11.7 Å². The van der Waals surface area contributed by atoms with Crippen LogP contribution in [0.15, 0.2) is 102 Å². The van der Waals surface area contributed by atoms with Crippen molar-refractivity contribution in [1.82, 2.24) is 19.3 Å². The van der Waals surface area contributed by atoms with Gasteiger partial charge in [0.2, 0.25) is 0 Å². The summed E-state index contributed by atoms with van der Waals surface area (Å²) in [5, 5.41) is 19.1. The number of pyridine rings is 2. The summed E-state index contributed by atoms with van der Waals surface area (Å²) in [7, 11) is 1.53. The minimum atomic E-state index is -0.729. The van der Waals surface area contributed by atoms with E-state index in [1.54, 1.807) is 51.4 Å². The molecule has 0 bridgehead atoms. The lowest BCUT2D eigenvalue weighted by atomic mass is 9.94. The number of benzene rings is 3. The predicted molar refractivity (Wildman–Crippen MR) is 216 cm³/mol. The van der Waals surface area contributed by atoms with Crippen LogP contribution >= 0.6 is 11.6 Å². The number of fused-ring (bicyclic) bond motifs is 1. The van der Waals surface area contributed by atoms with Crippen LogP contribution in [0.5, 0.6) is 17.2 Å². The molecule has 0 atom stereocenters. The fourth-order valence-electron chi connectivity index (χ4n) is 6.15. The Hall–Kier alpha value is -6.42. The molecular formula is C44H42ClN5O7. The number of carbonyl (C=O) groups is 1. The van der Waals surface area contributed by atoms with Crippen LogP contribution in [0.2, 0.25) is 5.02 Å². The van der Waals surface area contributed by atoms with Gasteiger partial charge in [0.05, 0.1) is 36.4 Å². The van der Waals surface area contributed by atoms with E-state index in [2.05, 4.69) is 28.2 Å². The maximum absolute atomic E-state index is 13.5. The second-order valence-corrected chi connectivity index (χ2v) is 14.6. The number of carbonyl (C=O) groups excluding carboxylic acids is 1. The molecule has 0 aliphatic heterocycles. The first-order valence-corrected chi connectivity index (χ1v) is 18.5. The lowest BCUT2D eigenvalue weighted by molar-refractivity contribution is 0.0200. The van der Waals surface area contributed by atoms with Crippen LogP contribution in [0.25, 0.3) is 27.9 Å². The molecule has 0 aliphatic carbocycles. The summed E-state index contributed by atoms with van der Waals surface area (Å²) < 4.78 is 24.7. The molecule has 1 amide bonds. The summed E-state index contributed by atoms with van der Waals surface area (Å²) in [6.45, 7) is 7.38. The second kappa shape index (κ2) is 17.6. The van der Waals surface area contributed by atoms with Crippen molar-refractivity contribution in [3.8, 4) is 45.6 Å². The Labute approximate surface area is 335 Å². The Morgan fingerprint density at radius 1 is 0.912 bits per heavy atom. The number of nitriles is 1. The minimum Gasteiger partial charge on any atom is -0.493 e. The number of amides is 1. The molecule has 0 radical (unpaired) electrons. The van der Waals surface area contributed by atoms with Crippen LogP contribution in [-0.2, 0) is 24.5 Å². The van der Waals surface area contributed by atoms with Gasteiger partial charge in [0, 0.05) is 49.0 Å². The molecule has 3 aromatic heterocycles. The van der Waals surface area contributed by atoms with Crippen molar-refractivity contribution in [2.45, 2.75) is 53.1 Å². The van der Waals surface area contributed by atoms with E-state index >= 15 is 0 Å². The van der Waals surface area contributed by atoms with Crippen molar-refractivity contribution >= 4 is 23.3 Å². The molecule has 3 heterocycles. The van der Waals surface area contributed by atoms with Gasteiger partial charge in [0.1, 0.15) is 36.3 Å². The topological polar surface area (TPSA) is 149 Å². The van der Waals surface area contributed by atoms with Crippen molar-refractivity contribution in [3.63, 3.8) is 0 Å². The average molecular weight is 788 g/mol. The maximum atomic E-state index is 13.5. The van der Waals surface area contributed by atoms with Crippen molar-refractivity contribution in [3.05, 3.63) is 141 Å². The van der Waals surface area contributed by atoms with E-state index in [1.165, 1.54) is 28.8 Å². The Morgan fingerprint density at radius 3 is 2.42 bits per heavy atom. The molecule has 6 aromatic rings. The van der Waals surface area contributed by atoms with Crippen LogP contribution in [0, 0.1) is 18.3 Å². The summed E-state index contributed by atoms with van der Waals surface area (Å²) in [6.07, 6.45) is 5.64.